The van der Waals surface area contributed by atoms with Crippen molar-refractivity contribution in [2.24, 2.45) is 0 Å². The van der Waals surface area contributed by atoms with Gasteiger partial charge in [0.25, 0.3) is 0 Å². The van der Waals surface area contributed by atoms with E-state index in [9.17, 15) is 4.79 Å². The number of aromatic nitrogens is 2. The summed E-state index contributed by atoms with van der Waals surface area (Å²) in [6, 6.07) is 26.2. The van der Waals surface area contributed by atoms with Crippen LogP contribution in [0.15, 0.2) is 84.9 Å². The van der Waals surface area contributed by atoms with Crippen molar-refractivity contribution in [2.45, 2.75) is 20.1 Å². The number of carbonyl (C=O) groups is 1. The van der Waals surface area contributed by atoms with E-state index in [1.54, 1.807) is 28.9 Å². The second-order valence-electron chi connectivity index (χ2n) is 7.19. The topological polar surface area (TPSA) is 65.4 Å². The summed E-state index contributed by atoms with van der Waals surface area (Å²) in [6.07, 6.45) is -0.601. The molecule has 1 aromatic heterocycles. The molecule has 1 N–H and O–H groups in total. The third-order valence-corrected chi connectivity index (χ3v) is 4.99. The number of para-hydroxylation sites is 1. The Morgan fingerprint density at radius 1 is 1.00 bits per heavy atom. The summed E-state index contributed by atoms with van der Waals surface area (Å²) in [7, 11) is 0. The maximum Gasteiger partial charge on any atom is 0.418 e. The van der Waals surface area contributed by atoms with E-state index >= 15 is 0 Å². The van der Waals surface area contributed by atoms with Crippen LogP contribution in [0.1, 0.15) is 16.8 Å². The first-order chi connectivity index (χ1) is 15.6. The molecule has 0 aliphatic carbocycles. The van der Waals surface area contributed by atoms with Crippen molar-refractivity contribution in [3.63, 3.8) is 0 Å². The van der Waals surface area contributed by atoms with Gasteiger partial charge in [-0.1, -0.05) is 60.1 Å². The molecule has 0 radical (unpaired) electrons. The lowest BCUT2D eigenvalue weighted by Gasteiger charge is -2.13. The van der Waals surface area contributed by atoms with Crippen molar-refractivity contribution in [1.29, 1.82) is 0 Å². The summed E-state index contributed by atoms with van der Waals surface area (Å²) in [4.78, 5) is 12.2. The molecule has 1 amide bonds. The van der Waals surface area contributed by atoms with E-state index in [0.717, 1.165) is 22.6 Å². The molecule has 0 aliphatic rings. The van der Waals surface area contributed by atoms with Crippen LogP contribution in [0.25, 0.3) is 0 Å². The molecule has 0 spiro atoms. The van der Waals surface area contributed by atoms with Crippen LogP contribution in [-0.2, 0) is 13.2 Å². The molecule has 1 heterocycles. The number of rotatable bonds is 7. The molecule has 4 rings (SSSR count). The number of ether oxygens (including phenoxy) is 2. The molecule has 0 atom stereocenters. The zero-order valence-corrected chi connectivity index (χ0v) is 18.3. The zero-order chi connectivity index (χ0) is 22.3. The number of amides is 1. The Morgan fingerprint density at radius 2 is 1.72 bits per heavy atom. The number of aryl methyl sites for hydroxylation is 1. The van der Waals surface area contributed by atoms with Gasteiger partial charge in [-0.25, -0.2) is 4.79 Å². The highest BCUT2D eigenvalue weighted by Gasteiger charge is 2.13. The fraction of sp³-hybridized carbons (Fsp3) is 0.120. The van der Waals surface area contributed by atoms with Crippen molar-refractivity contribution in [1.82, 2.24) is 9.78 Å². The van der Waals surface area contributed by atoms with Crippen molar-refractivity contribution in [2.75, 3.05) is 5.32 Å². The van der Waals surface area contributed by atoms with Gasteiger partial charge in [0, 0.05) is 28.0 Å². The van der Waals surface area contributed by atoms with Gasteiger partial charge < -0.3 is 9.47 Å². The Bertz CT molecular complexity index is 1190. The Balaban J connectivity index is 1.45. The average molecular weight is 448 g/mol. The lowest BCUT2D eigenvalue weighted by molar-refractivity contribution is 0.213. The normalized spacial score (nSPS) is 10.6. The summed E-state index contributed by atoms with van der Waals surface area (Å²) in [6.45, 7) is 2.76. The first-order valence-electron chi connectivity index (χ1n) is 10.1. The van der Waals surface area contributed by atoms with Crippen molar-refractivity contribution in [3.8, 4) is 11.6 Å². The van der Waals surface area contributed by atoms with Gasteiger partial charge in [-0.15, -0.1) is 5.10 Å². The Kier molecular flexibility index (Phi) is 6.72. The van der Waals surface area contributed by atoms with Gasteiger partial charge in [0.05, 0.1) is 6.54 Å². The number of nitrogens with zero attached hydrogens (tertiary/aromatic N) is 2. The molecule has 0 fully saturated rings. The second-order valence-corrected chi connectivity index (χ2v) is 7.62. The maximum absolute atomic E-state index is 12.2. The molecule has 0 saturated heterocycles. The van der Waals surface area contributed by atoms with Crippen LogP contribution in [0, 0.1) is 6.92 Å². The Morgan fingerprint density at radius 3 is 2.47 bits per heavy atom. The third kappa shape index (κ3) is 5.68. The minimum atomic E-state index is -0.601. The van der Waals surface area contributed by atoms with E-state index < -0.39 is 6.09 Å². The Labute approximate surface area is 191 Å². The largest absolute Gasteiger partial charge is 0.489 e. The van der Waals surface area contributed by atoms with Crippen molar-refractivity contribution in [3.05, 3.63) is 107 Å². The van der Waals surface area contributed by atoms with E-state index in [-0.39, 0.29) is 5.88 Å². The molecule has 32 heavy (non-hydrogen) atoms. The van der Waals surface area contributed by atoms with Crippen LogP contribution in [0.3, 0.4) is 0 Å². The van der Waals surface area contributed by atoms with E-state index in [1.807, 2.05) is 67.6 Å². The molecule has 0 aliphatic heterocycles. The molecule has 3 aromatic carbocycles. The Hall–Kier alpha value is -3.77. The molecule has 7 heteroatoms. The first-order valence-corrected chi connectivity index (χ1v) is 10.5. The number of benzene rings is 3. The van der Waals surface area contributed by atoms with Gasteiger partial charge in [-0.2, -0.15) is 0 Å². The zero-order valence-electron chi connectivity index (χ0n) is 17.5. The smallest absolute Gasteiger partial charge is 0.418 e. The summed E-state index contributed by atoms with van der Waals surface area (Å²) in [5, 5.41) is 7.69. The third-order valence-electron chi connectivity index (χ3n) is 4.76. The molecule has 0 bridgehead atoms. The first kappa shape index (κ1) is 21.5. The lowest BCUT2D eigenvalue weighted by atomic mass is 10.2. The maximum atomic E-state index is 12.2. The van der Waals surface area contributed by atoms with Crippen LogP contribution in [0.5, 0.6) is 11.6 Å². The summed E-state index contributed by atoms with van der Waals surface area (Å²) in [5.41, 5.74) is 3.43. The summed E-state index contributed by atoms with van der Waals surface area (Å²) >= 11 is 6.23. The van der Waals surface area contributed by atoms with E-state index in [4.69, 9.17) is 21.1 Å². The molecule has 0 saturated carbocycles. The molecule has 0 unspecified atom stereocenters. The number of hydrogen-bond acceptors (Lipinski definition) is 4. The standard InChI is InChI=1S/C25H22ClN3O3/c1-18-14-24(32-25(30)27-22-10-6-3-7-11-22)28-29(18)16-20-15-21(26)12-13-23(20)31-17-19-8-4-2-5-9-19/h2-15H,16-17H2,1H3,(H,27,30). The number of nitrogens with one attached hydrogen (secondary N) is 1. The number of anilines is 1. The van der Waals surface area contributed by atoms with E-state index in [1.165, 1.54) is 0 Å². The van der Waals surface area contributed by atoms with Crippen LogP contribution in [-0.4, -0.2) is 15.9 Å². The number of carbonyl (C=O) groups excluding carboxylic acids is 1. The van der Waals surface area contributed by atoms with Gasteiger partial charge in [-0.05, 0) is 42.8 Å². The predicted octanol–water partition coefficient (Wildman–Crippen LogP) is 6.08. The van der Waals surface area contributed by atoms with Crippen molar-refractivity contribution >= 4 is 23.4 Å². The number of halogens is 1. The lowest BCUT2D eigenvalue weighted by Crippen LogP contribution is -2.17. The molecular formula is C25H22ClN3O3. The quantitative estimate of drug-likeness (QED) is 0.372. The minimum absolute atomic E-state index is 0.213. The molecule has 162 valence electrons. The van der Waals surface area contributed by atoms with Gasteiger partial charge in [0.15, 0.2) is 0 Å². The van der Waals surface area contributed by atoms with Gasteiger partial charge in [0.1, 0.15) is 12.4 Å². The molecule has 4 aromatic rings. The minimum Gasteiger partial charge on any atom is -0.489 e. The average Bonchev–Trinajstić information content (AvgIpc) is 3.13. The highest BCUT2D eigenvalue weighted by atomic mass is 35.5. The second kappa shape index (κ2) is 10.0. The monoisotopic (exact) mass is 447 g/mol. The predicted molar refractivity (Wildman–Crippen MR) is 124 cm³/mol. The van der Waals surface area contributed by atoms with Crippen LogP contribution < -0.4 is 14.8 Å². The van der Waals surface area contributed by atoms with Gasteiger partial charge in [0.2, 0.25) is 5.88 Å². The van der Waals surface area contributed by atoms with Crippen LogP contribution >= 0.6 is 11.6 Å². The fourth-order valence-electron chi connectivity index (χ4n) is 3.16. The van der Waals surface area contributed by atoms with Crippen molar-refractivity contribution < 1.29 is 14.3 Å². The SMILES string of the molecule is Cc1cc(OC(=O)Nc2ccccc2)nn1Cc1cc(Cl)ccc1OCc1ccccc1. The van der Waals surface area contributed by atoms with E-state index in [0.29, 0.717) is 23.9 Å². The summed E-state index contributed by atoms with van der Waals surface area (Å²) in [5.74, 6) is 0.933. The van der Waals surface area contributed by atoms with Gasteiger partial charge >= 0.3 is 6.09 Å². The fourth-order valence-corrected chi connectivity index (χ4v) is 3.35. The van der Waals surface area contributed by atoms with Crippen LogP contribution in [0.2, 0.25) is 5.02 Å². The highest BCUT2D eigenvalue weighted by molar-refractivity contribution is 6.30. The van der Waals surface area contributed by atoms with Gasteiger partial charge in [-0.3, -0.25) is 10.00 Å². The van der Waals surface area contributed by atoms with E-state index in [2.05, 4.69) is 10.4 Å². The highest BCUT2D eigenvalue weighted by Crippen LogP contribution is 2.26. The molecule has 6 nitrogen and oxygen atoms in total. The van der Waals surface area contributed by atoms with Crippen LogP contribution in [0.4, 0.5) is 10.5 Å². The molecular weight excluding hydrogens is 426 g/mol. The summed E-state index contributed by atoms with van der Waals surface area (Å²) < 4.78 is 13.1. The number of hydrogen-bond donors (Lipinski definition) is 1.